The predicted molar refractivity (Wildman–Crippen MR) is 46.8 cm³/mol. The molecule has 2 atom stereocenters. The van der Waals surface area contributed by atoms with Crippen LogP contribution in [0.4, 0.5) is 0 Å². The molecule has 1 rings (SSSR count). The highest BCUT2D eigenvalue weighted by Crippen LogP contribution is 2.15. The van der Waals surface area contributed by atoms with E-state index in [1.807, 2.05) is 6.92 Å². The van der Waals surface area contributed by atoms with E-state index in [0.717, 1.165) is 19.4 Å². The molecule has 0 spiro atoms. The van der Waals surface area contributed by atoms with Crippen molar-refractivity contribution in [1.29, 1.82) is 0 Å². The molecule has 1 aliphatic heterocycles. The van der Waals surface area contributed by atoms with E-state index in [9.17, 15) is 4.79 Å². The van der Waals surface area contributed by atoms with Crippen molar-refractivity contribution in [2.45, 2.75) is 32.7 Å². The number of carbonyl (C=O) groups is 1. The van der Waals surface area contributed by atoms with Crippen molar-refractivity contribution in [1.82, 2.24) is 5.32 Å². The number of rotatable bonds is 2. The first kappa shape index (κ1) is 9.52. The fourth-order valence-electron chi connectivity index (χ4n) is 1.53. The van der Waals surface area contributed by atoms with Gasteiger partial charge < -0.3 is 10.1 Å². The molecule has 12 heavy (non-hydrogen) atoms. The predicted octanol–water partition coefficient (Wildman–Crippen LogP) is 0.938. The van der Waals surface area contributed by atoms with Crippen LogP contribution in [0.5, 0.6) is 0 Å². The van der Waals surface area contributed by atoms with Crippen molar-refractivity contribution in [3.63, 3.8) is 0 Å². The van der Waals surface area contributed by atoms with Gasteiger partial charge in [0.2, 0.25) is 0 Å². The topological polar surface area (TPSA) is 38.3 Å². The molecule has 0 aromatic heterocycles. The van der Waals surface area contributed by atoms with Gasteiger partial charge in [-0.05, 0) is 32.2 Å². The van der Waals surface area contributed by atoms with E-state index in [1.165, 1.54) is 0 Å². The number of hydrogen-bond acceptors (Lipinski definition) is 3. The summed E-state index contributed by atoms with van der Waals surface area (Å²) in [5, 5.41) is 3.16. The van der Waals surface area contributed by atoms with Gasteiger partial charge in [-0.15, -0.1) is 0 Å². The van der Waals surface area contributed by atoms with E-state index >= 15 is 0 Å². The Morgan fingerprint density at radius 1 is 1.67 bits per heavy atom. The zero-order valence-corrected chi connectivity index (χ0v) is 7.80. The third-order valence-corrected chi connectivity index (χ3v) is 2.24. The lowest BCUT2D eigenvalue weighted by Gasteiger charge is -2.26. The van der Waals surface area contributed by atoms with Gasteiger partial charge in [0.1, 0.15) is 6.04 Å². The van der Waals surface area contributed by atoms with Gasteiger partial charge in [-0.1, -0.05) is 6.92 Å². The molecule has 70 valence electrons. The fourth-order valence-corrected chi connectivity index (χ4v) is 1.53. The van der Waals surface area contributed by atoms with Crippen LogP contribution in [0.1, 0.15) is 26.7 Å². The Hall–Kier alpha value is -0.570. The second-order valence-corrected chi connectivity index (χ2v) is 3.39. The Labute approximate surface area is 73.5 Å². The minimum absolute atomic E-state index is 0.0614. The van der Waals surface area contributed by atoms with Crippen molar-refractivity contribution in [3.8, 4) is 0 Å². The van der Waals surface area contributed by atoms with E-state index in [1.54, 1.807) is 0 Å². The standard InChI is InChI=1S/C9H17NO2/c1-3-12-9(11)8-6-7(2)4-5-10-8/h7-8,10H,3-6H2,1-2H3/t7-,8-/m0/s1. The number of hydrogen-bond donors (Lipinski definition) is 1. The normalized spacial score (nSPS) is 29.8. The smallest absolute Gasteiger partial charge is 0.323 e. The summed E-state index contributed by atoms with van der Waals surface area (Å²) in [6.07, 6.45) is 2.08. The molecule has 1 aliphatic rings. The number of nitrogens with one attached hydrogen (secondary N) is 1. The van der Waals surface area contributed by atoms with Crippen molar-refractivity contribution in [2.24, 2.45) is 5.92 Å². The summed E-state index contributed by atoms with van der Waals surface area (Å²) in [6, 6.07) is -0.0614. The largest absolute Gasteiger partial charge is 0.465 e. The average Bonchev–Trinajstić information content (AvgIpc) is 2.05. The maximum atomic E-state index is 11.3. The zero-order valence-electron chi connectivity index (χ0n) is 7.80. The van der Waals surface area contributed by atoms with Crippen molar-refractivity contribution in [2.75, 3.05) is 13.2 Å². The summed E-state index contributed by atoms with van der Waals surface area (Å²) in [5.41, 5.74) is 0. The van der Waals surface area contributed by atoms with Crippen LogP contribution in [0.25, 0.3) is 0 Å². The molecule has 0 aliphatic carbocycles. The summed E-state index contributed by atoms with van der Waals surface area (Å²) in [5.74, 6) is 0.546. The number of carbonyl (C=O) groups excluding carboxylic acids is 1. The highest BCUT2D eigenvalue weighted by Gasteiger charge is 2.25. The van der Waals surface area contributed by atoms with Gasteiger partial charge in [0.25, 0.3) is 0 Å². The Morgan fingerprint density at radius 3 is 3.00 bits per heavy atom. The van der Waals surface area contributed by atoms with Gasteiger partial charge in [-0.25, -0.2) is 0 Å². The Bertz CT molecular complexity index is 159. The van der Waals surface area contributed by atoms with Crippen molar-refractivity contribution < 1.29 is 9.53 Å². The van der Waals surface area contributed by atoms with Crippen LogP contribution in [0, 0.1) is 5.92 Å². The molecule has 0 aromatic rings. The highest BCUT2D eigenvalue weighted by molar-refractivity contribution is 5.75. The molecule has 1 heterocycles. The molecule has 1 fully saturated rings. The van der Waals surface area contributed by atoms with Crippen LogP contribution >= 0.6 is 0 Å². The lowest BCUT2D eigenvalue weighted by Crippen LogP contribution is -2.43. The molecule has 0 unspecified atom stereocenters. The first-order valence-corrected chi connectivity index (χ1v) is 4.64. The first-order valence-electron chi connectivity index (χ1n) is 4.64. The van der Waals surface area contributed by atoms with Crippen LogP contribution < -0.4 is 5.32 Å². The molecule has 1 saturated heterocycles. The second kappa shape index (κ2) is 4.45. The van der Waals surface area contributed by atoms with E-state index in [0.29, 0.717) is 12.5 Å². The molecule has 0 amide bonds. The van der Waals surface area contributed by atoms with Gasteiger partial charge in [-0.3, -0.25) is 4.79 Å². The Kier molecular flexibility index (Phi) is 3.53. The van der Waals surface area contributed by atoms with E-state index in [-0.39, 0.29) is 12.0 Å². The molecular weight excluding hydrogens is 154 g/mol. The van der Waals surface area contributed by atoms with E-state index in [4.69, 9.17) is 4.74 Å². The third kappa shape index (κ3) is 2.48. The van der Waals surface area contributed by atoms with E-state index in [2.05, 4.69) is 12.2 Å². The van der Waals surface area contributed by atoms with Crippen LogP contribution in [-0.2, 0) is 9.53 Å². The second-order valence-electron chi connectivity index (χ2n) is 3.39. The van der Waals surface area contributed by atoms with Crippen LogP contribution in [0.2, 0.25) is 0 Å². The lowest BCUT2D eigenvalue weighted by atomic mass is 9.94. The molecule has 1 N–H and O–H groups in total. The number of esters is 1. The molecular formula is C9H17NO2. The van der Waals surface area contributed by atoms with Crippen LogP contribution in [0.15, 0.2) is 0 Å². The molecule has 0 aromatic carbocycles. The maximum Gasteiger partial charge on any atom is 0.323 e. The molecule has 3 heteroatoms. The fraction of sp³-hybridized carbons (Fsp3) is 0.889. The van der Waals surface area contributed by atoms with Gasteiger partial charge in [-0.2, -0.15) is 0 Å². The molecule has 0 saturated carbocycles. The van der Waals surface area contributed by atoms with Gasteiger partial charge in [0.15, 0.2) is 0 Å². The Balaban J connectivity index is 2.35. The number of ether oxygens (including phenoxy) is 1. The maximum absolute atomic E-state index is 11.3. The monoisotopic (exact) mass is 171 g/mol. The SMILES string of the molecule is CCOC(=O)[C@@H]1C[C@@H](C)CCN1. The first-order chi connectivity index (χ1) is 5.74. The zero-order chi connectivity index (χ0) is 8.97. The van der Waals surface area contributed by atoms with Gasteiger partial charge >= 0.3 is 5.97 Å². The summed E-state index contributed by atoms with van der Waals surface area (Å²) in [7, 11) is 0. The van der Waals surface area contributed by atoms with E-state index < -0.39 is 0 Å². The van der Waals surface area contributed by atoms with Gasteiger partial charge in [0.05, 0.1) is 6.61 Å². The van der Waals surface area contributed by atoms with Crippen LogP contribution in [-0.4, -0.2) is 25.2 Å². The average molecular weight is 171 g/mol. The Morgan fingerprint density at radius 2 is 2.42 bits per heavy atom. The van der Waals surface area contributed by atoms with Crippen LogP contribution in [0.3, 0.4) is 0 Å². The molecule has 0 bridgehead atoms. The summed E-state index contributed by atoms with van der Waals surface area (Å²) >= 11 is 0. The van der Waals surface area contributed by atoms with Crippen molar-refractivity contribution in [3.05, 3.63) is 0 Å². The quantitative estimate of drug-likeness (QED) is 0.628. The minimum Gasteiger partial charge on any atom is -0.465 e. The molecule has 0 radical (unpaired) electrons. The summed E-state index contributed by atoms with van der Waals surface area (Å²) in [6.45, 7) is 5.42. The molecule has 3 nitrogen and oxygen atoms in total. The minimum atomic E-state index is -0.0935. The lowest BCUT2D eigenvalue weighted by molar-refractivity contribution is -0.146. The van der Waals surface area contributed by atoms with Gasteiger partial charge in [0, 0.05) is 0 Å². The summed E-state index contributed by atoms with van der Waals surface area (Å²) < 4.78 is 4.93. The van der Waals surface area contributed by atoms with Crippen molar-refractivity contribution >= 4 is 5.97 Å². The highest BCUT2D eigenvalue weighted by atomic mass is 16.5. The number of piperidine rings is 1. The summed E-state index contributed by atoms with van der Waals surface area (Å²) in [4.78, 5) is 11.3. The third-order valence-electron chi connectivity index (χ3n) is 2.24.